The van der Waals surface area contributed by atoms with Crippen molar-refractivity contribution in [3.8, 4) is 0 Å². The van der Waals surface area contributed by atoms with E-state index < -0.39 is 11.2 Å². The lowest BCUT2D eigenvalue weighted by molar-refractivity contribution is 0.340. The number of halogens is 4. The van der Waals surface area contributed by atoms with Gasteiger partial charge in [-0.2, -0.15) is 0 Å². The van der Waals surface area contributed by atoms with Crippen molar-refractivity contribution in [2.24, 2.45) is 0 Å². The number of rotatable bonds is 4. The van der Waals surface area contributed by atoms with Gasteiger partial charge in [0.25, 0.3) is 0 Å². The van der Waals surface area contributed by atoms with Gasteiger partial charge in [-0.05, 0) is 47.5 Å². The molecule has 2 fully saturated rings. The van der Waals surface area contributed by atoms with Crippen LogP contribution >= 0.6 is 0 Å². The molecule has 2 saturated heterocycles. The molecule has 2 aliphatic rings. The minimum atomic E-state index is -0.723. The summed E-state index contributed by atoms with van der Waals surface area (Å²) in [6, 6.07) is 25.0. The minimum absolute atomic E-state index is 0.297. The van der Waals surface area contributed by atoms with Gasteiger partial charge in [0.05, 0.1) is 13.2 Å². The molecular weight excluding hydrogens is 444 g/mol. The number of epoxide rings is 2. The van der Waals surface area contributed by atoms with Gasteiger partial charge in [-0.1, -0.05) is 60.7 Å². The molecule has 172 valence electrons. The highest BCUT2D eigenvalue weighted by molar-refractivity contribution is 5.42. The normalized spacial score (nSPS) is 22.5. The van der Waals surface area contributed by atoms with Crippen LogP contribution in [0.5, 0.6) is 0 Å². The second-order valence-corrected chi connectivity index (χ2v) is 8.20. The average molecular weight is 464 g/mol. The Morgan fingerprint density at radius 1 is 0.471 bits per heavy atom. The van der Waals surface area contributed by atoms with Crippen molar-refractivity contribution in [1.29, 1.82) is 0 Å². The molecular formula is C28H20F4O2. The van der Waals surface area contributed by atoms with E-state index in [-0.39, 0.29) is 23.3 Å². The summed E-state index contributed by atoms with van der Waals surface area (Å²) in [5, 5.41) is 0. The zero-order valence-electron chi connectivity index (χ0n) is 18.0. The molecule has 0 spiro atoms. The van der Waals surface area contributed by atoms with Crippen LogP contribution in [0.15, 0.2) is 97.1 Å². The molecule has 2 heterocycles. The van der Waals surface area contributed by atoms with Crippen LogP contribution in [-0.2, 0) is 20.7 Å². The Bertz CT molecular complexity index is 1190. The Morgan fingerprint density at radius 3 is 1.09 bits per heavy atom. The maximum Gasteiger partial charge on any atom is 0.144 e. The van der Waals surface area contributed by atoms with Gasteiger partial charge in [0.15, 0.2) is 0 Å². The van der Waals surface area contributed by atoms with Crippen molar-refractivity contribution in [2.45, 2.75) is 11.2 Å². The highest BCUT2D eigenvalue weighted by atomic mass is 19.1. The van der Waals surface area contributed by atoms with Crippen LogP contribution in [-0.4, -0.2) is 13.2 Å². The molecule has 0 amide bonds. The topological polar surface area (TPSA) is 25.1 Å². The Morgan fingerprint density at radius 2 is 0.794 bits per heavy atom. The average Bonchev–Trinajstić information content (AvgIpc) is 3.77. The molecule has 6 heteroatoms. The van der Waals surface area contributed by atoms with Gasteiger partial charge < -0.3 is 9.47 Å². The molecule has 0 aromatic heterocycles. The molecule has 2 atom stereocenters. The Hall–Kier alpha value is -3.48. The number of hydrogen-bond donors (Lipinski definition) is 0. The lowest BCUT2D eigenvalue weighted by atomic mass is 9.91. The van der Waals surface area contributed by atoms with Gasteiger partial charge in [0, 0.05) is 11.1 Å². The molecule has 6 rings (SSSR count). The van der Waals surface area contributed by atoms with Crippen molar-refractivity contribution >= 4 is 0 Å². The van der Waals surface area contributed by atoms with E-state index >= 15 is 0 Å². The van der Waals surface area contributed by atoms with Crippen LogP contribution in [0.3, 0.4) is 0 Å². The fraction of sp³-hybridized carbons (Fsp3) is 0.143. The van der Waals surface area contributed by atoms with E-state index in [0.717, 1.165) is 11.1 Å². The van der Waals surface area contributed by atoms with Gasteiger partial charge in [-0.25, -0.2) is 17.6 Å². The SMILES string of the molecule is Fc1ccc(C2(c3ccccc3F)CO2)cc1.Fc1ccc(C2(c3ccccc3F)CO2)cc1. The minimum Gasteiger partial charge on any atom is -0.359 e. The van der Waals surface area contributed by atoms with Gasteiger partial charge in [-0.3, -0.25) is 0 Å². The predicted octanol–water partition coefficient (Wildman–Crippen LogP) is 6.48. The van der Waals surface area contributed by atoms with Crippen LogP contribution in [0.25, 0.3) is 0 Å². The molecule has 0 aliphatic carbocycles. The third-order valence-electron chi connectivity index (χ3n) is 6.10. The van der Waals surface area contributed by atoms with E-state index in [2.05, 4.69) is 0 Å². The highest BCUT2D eigenvalue weighted by Crippen LogP contribution is 2.46. The van der Waals surface area contributed by atoms with Crippen molar-refractivity contribution < 1.29 is 27.0 Å². The summed E-state index contributed by atoms with van der Waals surface area (Å²) in [4.78, 5) is 0. The molecule has 4 aromatic rings. The third-order valence-corrected chi connectivity index (χ3v) is 6.10. The molecule has 0 bridgehead atoms. The predicted molar refractivity (Wildman–Crippen MR) is 119 cm³/mol. The molecule has 2 aliphatic heterocycles. The zero-order chi connectivity index (χ0) is 23.8. The highest BCUT2D eigenvalue weighted by Gasteiger charge is 2.50. The molecule has 0 radical (unpaired) electrons. The van der Waals surface area contributed by atoms with Crippen LogP contribution in [0.4, 0.5) is 17.6 Å². The van der Waals surface area contributed by atoms with Gasteiger partial charge in [0.1, 0.15) is 34.5 Å². The second kappa shape index (κ2) is 8.70. The molecule has 2 nitrogen and oxygen atoms in total. The van der Waals surface area contributed by atoms with Gasteiger partial charge >= 0.3 is 0 Å². The van der Waals surface area contributed by atoms with Crippen molar-refractivity contribution in [3.63, 3.8) is 0 Å². The largest absolute Gasteiger partial charge is 0.359 e. The first kappa shape index (κ1) is 22.3. The Kier molecular flexibility index (Phi) is 5.71. The standard InChI is InChI=1S/2C14H10F2O/c2*15-11-7-5-10(6-8-11)14(9-17-14)12-3-1-2-4-13(12)16/h2*1-8H,9H2. The fourth-order valence-electron chi connectivity index (χ4n) is 4.12. The van der Waals surface area contributed by atoms with E-state index in [0.29, 0.717) is 24.3 Å². The van der Waals surface area contributed by atoms with E-state index in [1.54, 1.807) is 60.7 Å². The number of hydrogen-bond acceptors (Lipinski definition) is 2. The van der Waals surface area contributed by atoms with E-state index in [9.17, 15) is 17.6 Å². The van der Waals surface area contributed by atoms with E-state index in [1.165, 1.54) is 36.4 Å². The second-order valence-electron chi connectivity index (χ2n) is 8.20. The quantitative estimate of drug-likeness (QED) is 0.255. The Balaban J connectivity index is 0.000000142. The molecule has 4 aromatic carbocycles. The maximum atomic E-state index is 13.7. The van der Waals surface area contributed by atoms with Crippen molar-refractivity contribution in [3.05, 3.63) is 143 Å². The Labute approximate surface area is 194 Å². The summed E-state index contributed by atoms with van der Waals surface area (Å²) in [6.45, 7) is 0.860. The summed E-state index contributed by atoms with van der Waals surface area (Å²) < 4.78 is 64.0. The fourth-order valence-corrected chi connectivity index (χ4v) is 4.12. The first-order chi connectivity index (χ1) is 16.4. The first-order valence-corrected chi connectivity index (χ1v) is 10.7. The number of benzene rings is 4. The van der Waals surface area contributed by atoms with Crippen LogP contribution in [0.1, 0.15) is 22.3 Å². The monoisotopic (exact) mass is 464 g/mol. The molecule has 0 saturated carbocycles. The van der Waals surface area contributed by atoms with Crippen LogP contribution in [0, 0.1) is 23.3 Å². The molecule has 2 unspecified atom stereocenters. The summed E-state index contributed by atoms with van der Waals surface area (Å²) in [5.41, 5.74) is 1.13. The third kappa shape index (κ3) is 4.11. The summed E-state index contributed by atoms with van der Waals surface area (Å²) in [6.07, 6.45) is 0. The first-order valence-electron chi connectivity index (χ1n) is 10.7. The molecule has 0 N–H and O–H groups in total. The lowest BCUT2D eigenvalue weighted by Gasteiger charge is -2.13. The van der Waals surface area contributed by atoms with Crippen molar-refractivity contribution in [1.82, 2.24) is 0 Å². The number of ether oxygens (including phenoxy) is 2. The maximum absolute atomic E-state index is 13.7. The van der Waals surface area contributed by atoms with Crippen LogP contribution in [0.2, 0.25) is 0 Å². The lowest BCUT2D eigenvalue weighted by Crippen LogP contribution is -2.12. The van der Waals surface area contributed by atoms with Gasteiger partial charge in [-0.15, -0.1) is 0 Å². The molecule has 34 heavy (non-hydrogen) atoms. The summed E-state index contributed by atoms with van der Waals surface area (Å²) in [7, 11) is 0. The van der Waals surface area contributed by atoms with Crippen molar-refractivity contribution in [2.75, 3.05) is 13.2 Å². The summed E-state index contributed by atoms with van der Waals surface area (Å²) in [5.74, 6) is -1.21. The zero-order valence-corrected chi connectivity index (χ0v) is 18.0. The summed E-state index contributed by atoms with van der Waals surface area (Å²) >= 11 is 0. The smallest absolute Gasteiger partial charge is 0.144 e. The van der Waals surface area contributed by atoms with Crippen LogP contribution < -0.4 is 0 Å². The van der Waals surface area contributed by atoms with Gasteiger partial charge in [0.2, 0.25) is 0 Å². The van der Waals surface area contributed by atoms with E-state index in [4.69, 9.17) is 9.47 Å². The van der Waals surface area contributed by atoms with E-state index in [1.807, 2.05) is 0 Å².